The summed E-state index contributed by atoms with van der Waals surface area (Å²) >= 11 is 5.61. The summed E-state index contributed by atoms with van der Waals surface area (Å²) in [7, 11) is 1.70. The van der Waals surface area contributed by atoms with E-state index in [1.807, 2.05) is 6.07 Å². The maximum Gasteiger partial charge on any atom is 0.193 e. The molecule has 0 fully saturated rings. The average molecular weight is 204 g/mol. The standard InChI is InChI=1S/C9H14ClNO2/c1-12-6-2-5-11-7-8-3-4-9(10)13-8/h3-4,11H,2,5-7H2,1H3. The zero-order valence-electron chi connectivity index (χ0n) is 7.68. The third-order valence-electron chi connectivity index (χ3n) is 1.63. The Kier molecular flexibility index (Phi) is 4.90. The Morgan fingerprint density at radius 3 is 3.00 bits per heavy atom. The van der Waals surface area contributed by atoms with E-state index in [9.17, 15) is 0 Å². The normalized spacial score (nSPS) is 10.6. The molecule has 0 aliphatic rings. The predicted molar refractivity (Wildman–Crippen MR) is 51.9 cm³/mol. The zero-order chi connectivity index (χ0) is 9.52. The summed E-state index contributed by atoms with van der Waals surface area (Å²) < 4.78 is 10.1. The van der Waals surface area contributed by atoms with Crippen molar-refractivity contribution in [2.75, 3.05) is 20.3 Å². The minimum absolute atomic E-state index is 0.439. The summed E-state index contributed by atoms with van der Waals surface area (Å²) in [4.78, 5) is 0. The van der Waals surface area contributed by atoms with Crippen molar-refractivity contribution in [2.45, 2.75) is 13.0 Å². The Balaban J connectivity index is 2.06. The molecular weight excluding hydrogens is 190 g/mol. The van der Waals surface area contributed by atoms with Gasteiger partial charge >= 0.3 is 0 Å². The molecule has 13 heavy (non-hydrogen) atoms. The number of halogens is 1. The average Bonchev–Trinajstić information content (AvgIpc) is 2.51. The van der Waals surface area contributed by atoms with Crippen molar-refractivity contribution < 1.29 is 9.15 Å². The lowest BCUT2D eigenvalue weighted by Crippen LogP contribution is -2.15. The third kappa shape index (κ3) is 4.31. The third-order valence-corrected chi connectivity index (χ3v) is 1.83. The van der Waals surface area contributed by atoms with Crippen LogP contribution in [0.25, 0.3) is 0 Å². The maximum absolute atomic E-state index is 5.61. The topological polar surface area (TPSA) is 34.4 Å². The van der Waals surface area contributed by atoms with E-state index in [-0.39, 0.29) is 0 Å². The Morgan fingerprint density at radius 1 is 1.54 bits per heavy atom. The Bertz CT molecular complexity index is 237. The van der Waals surface area contributed by atoms with Gasteiger partial charge in [-0.25, -0.2) is 0 Å². The van der Waals surface area contributed by atoms with E-state index >= 15 is 0 Å². The van der Waals surface area contributed by atoms with Crippen LogP contribution in [0.3, 0.4) is 0 Å². The molecule has 4 heteroatoms. The monoisotopic (exact) mass is 203 g/mol. The molecule has 0 bridgehead atoms. The lowest BCUT2D eigenvalue weighted by molar-refractivity contribution is 0.194. The van der Waals surface area contributed by atoms with E-state index in [1.54, 1.807) is 13.2 Å². The van der Waals surface area contributed by atoms with E-state index in [4.69, 9.17) is 20.8 Å². The smallest absolute Gasteiger partial charge is 0.193 e. The molecule has 0 amide bonds. The first-order valence-electron chi connectivity index (χ1n) is 4.27. The van der Waals surface area contributed by atoms with Gasteiger partial charge in [-0.2, -0.15) is 0 Å². The number of hydrogen-bond acceptors (Lipinski definition) is 3. The molecule has 0 aromatic carbocycles. The van der Waals surface area contributed by atoms with E-state index in [1.165, 1.54) is 0 Å². The SMILES string of the molecule is COCCCNCc1ccc(Cl)o1. The van der Waals surface area contributed by atoms with Gasteiger partial charge in [0.25, 0.3) is 0 Å². The molecule has 1 rings (SSSR count). The fourth-order valence-corrected chi connectivity index (χ4v) is 1.16. The van der Waals surface area contributed by atoms with Crippen LogP contribution in [0.15, 0.2) is 16.5 Å². The lowest BCUT2D eigenvalue weighted by Gasteiger charge is -2.01. The molecule has 0 spiro atoms. The molecule has 3 nitrogen and oxygen atoms in total. The van der Waals surface area contributed by atoms with Crippen LogP contribution in [0.1, 0.15) is 12.2 Å². The van der Waals surface area contributed by atoms with Crippen molar-refractivity contribution in [2.24, 2.45) is 0 Å². The van der Waals surface area contributed by atoms with Crippen molar-refractivity contribution in [3.8, 4) is 0 Å². The molecule has 0 saturated heterocycles. The molecule has 0 radical (unpaired) electrons. The Hall–Kier alpha value is -0.510. The molecule has 1 aromatic heterocycles. The van der Waals surface area contributed by atoms with Crippen molar-refractivity contribution in [1.82, 2.24) is 5.32 Å². The van der Waals surface area contributed by atoms with Crippen LogP contribution >= 0.6 is 11.6 Å². The molecular formula is C9H14ClNO2. The fraction of sp³-hybridized carbons (Fsp3) is 0.556. The van der Waals surface area contributed by atoms with Crippen LogP contribution in [-0.4, -0.2) is 20.3 Å². The van der Waals surface area contributed by atoms with Gasteiger partial charge in [0, 0.05) is 13.7 Å². The van der Waals surface area contributed by atoms with Crippen LogP contribution in [0.2, 0.25) is 5.22 Å². The second kappa shape index (κ2) is 6.02. The number of hydrogen-bond donors (Lipinski definition) is 1. The van der Waals surface area contributed by atoms with Crippen LogP contribution in [0.4, 0.5) is 0 Å². The van der Waals surface area contributed by atoms with Gasteiger partial charge in [0.05, 0.1) is 6.54 Å². The molecule has 0 saturated carbocycles. The highest BCUT2D eigenvalue weighted by molar-refractivity contribution is 6.28. The van der Waals surface area contributed by atoms with Crippen molar-refractivity contribution in [1.29, 1.82) is 0 Å². The first-order valence-corrected chi connectivity index (χ1v) is 4.64. The fourth-order valence-electron chi connectivity index (χ4n) is 1.000. The van der Waals surface area contributed by atoms with Crippen LogP contribution < -0.4 is 5.32 Å². The van der Waals surface area contributed by atoms with E-state index in [0.29, 0.717) is 5.22 Å². The minimum Gasteiger partial charge on any atom is -0.448 e. The van der Waals surface area contributed by atoms with Gasteiger partial charge in [-0.1, -0.05) is 0 Å². The lowest BCUT2D eigenvalue weighted by atomic mass is 10.4. The highest BCUT2D eigenvalue weighted by Gasteiger charge is 1.97. The number of ether oxygens (including phenoxy) is 1. The molecule has 1 aromatic rings. The van der Waals surface area contributed by atoms with Gasteiger partial charge in [0.1, 0.15) is 5.76 Å². The van der Waals surface area contributed by atoms with Crippen molar-refractivity contribution in [3.05, 3.63) is 23.1 Å². The quantitative estimate of drug-likeness (QED) is 0.719. The Morgan fingerprint density at radius 2 is 2.38 bits per heavy atom. The molecule has 0 unspecified atom stereocenters. The van der Waals surface area contributed by atoms with Crippen molar-refractivity contribution in [3.63, 3.8) is 0 Å². The summed E-state index contributed by atoms with van der Waals surface area (Å²) in [5.74, 6) is 0.863. The van der Waals surface area contributed by atoms with Gasteiger partial charge in [0.2, 0.25) is 0 Å². The van der Waals surface area contributed by atoms with Crippen molar-refractivity contribution >= 4 is 11.6 Å². The van der Waals surface area contributed by atoms with E-state index in [0.717, 1.165) is 31.9 Å². The second-order valence-corrected chi connectivity index (χ2v) is 3.10. The number of nitrogens with one attached hydrogen (secondary N) is 1. The summed E-state index contributed by atoms with van der Waals surface area (Å²) in [5.41, 5.74) is 0. The predicted octanol–water partition coefficient (Wildman–Crippen LogP) is 2.06. The highest BCUT2D eigenvalue weighted by atomic mass is 35.5. The molecule has 0 aliphatic carbocycles. The molecule has 74 valence electrons. The maximum atomic E-state index is 5.61. The van der Waals surface area contributed by atoms with Crippen LogP contribution in [-0.2, 0) is 11.3 Å². The second-order valence-electron chi connectivity index (χ2n) is 2.73. The van der Waals surface area contributed by atoms with E-state index < -0.39 is 0 Å². The Labute approximate surface area is 83.0 Å². The molecule has 1 heterocycles. The number of methoxy groups -OCH3 is 1. The zero-order valence-corrected chi connectivity index (χ0v) is 8.43. The van der Waals surface area contributed by atoms with Gasteiger partial charge in [-0.15, -0.1) is 0 Å². The highest BCUT2D eigenvalue weighted by Crippen LogP contribution is 2.12. The number of rotatable bonds is 6. The van der Waals surface area contributed by atoms with Gasteiger partial charge in [-0.3, -0.25) is 0 Å². The first kappa shape index (κ1) is 10.6. The van der Waals surface area contributed by atoms with Gasteiger partial charge in [-0.05, 0) is 36.7 Å². The number of furan rings is 1. The first-order chi connectivity index (χ1) is 6.33. The van der Waals surface area contributed by atoms with Gasteiger partial charge < -0.3 is 14.5 Å². The van der Waals surface area contributed by atoms with Crippen LogP contribution in [0, 0.1) is 0 Å². The van der Waals surface area contributed by atoms with Gasteiger partial charge in [0.15, 0.2) is 5.22 Å². The molecule has 0 aliphatic heterocycles. The summed E-state index contributed by atoms with van der Waals surface area (Å²) in [6.07, 6.45) is 1.00. The summed E-state index contributed by atoms with van der Waals surface area (Å²) in [5, 5.41) is 3.66. The summed E-state index contributed by atoms with van der Waals surface area (Å²) in [6, 6.07) is 3.61. The largest absolute Gasteiger partial charge is 0.448 e. The molecule has 1 N–H and O–H groups in total. The summed E-state index contributed by atoms with van der Waals surface area (Å²) in [6.45, 7) is 2.43. The minimum atomic E-state index is 0.439. The van der Waals surface area contributed by atoms with E-state index in [2.05, 4.69) is 5.32 Å². The van der Waals surface area contributed by atoms with Crippen LogP contribution in [0.5, 0.6) is 0 Å². The molecule has 0 atom stereocenters.